The topological polar surface area (TPSA) is 57.7 Å². The lowest BCUT2D eigenvalue weighted by Crippen LogP contribution is -2.39. The number of carbonyl (C=O) groups is 1. The molecular formula is C21H28N4O2. The van der Waals surface area contributed by atoms with Crippen LogP contribution in [0.1, 0.15) is 24.8 Å². The molecular weight excluding hydrogens is 340 g/mol. The third kappa shape index (κ3) is 5.61. The molecule has 3 rings (SSSR count). The number of aromatic nitrogens is 1. The number of carbonyl (C=O) groups excluding carboxylic acids is 1. The number of likely N-dealkylation sites (N-methyl/N-ethyl adjacent to an activating group) is 1. The Kier molecular flexibility index (Phi) is 6.90. The van der Waals surface area contributed by atoms with E-state index in [0.29, 0.717) is 19.7 Å². The van der Waals surface area contributed by atoms with Crippen molar-refractivity contribution in [3.8, 4) is 5.75 Å². The molecule has 2 aromatic rings. The fourth-order valence-electron chi connectivity index (χ4n) is 3.18. The van der Waals surface area contributed by atoms with Gasteiger partial charge in [0, 0.05) is 38.4 Å². The summed E-state index contributed by atoms with van der Waals surface area (Å²) in [6, 6.07) is 13.5. The summed E-state index contributed by atoms with van der Waals surface area (Å²) >= 11 is 0. The Hall–Kier alpha value is -2.76. The molecule has 2 heterocycles. The van der Waals surface area contributed by atoms with Crippen LogP contribution in [-0.4, -0.2) is 49.2 Å². The van der Waals surface area contributed by atoms with Gasteiger partial charge in [0.25, 0.3) is 0 Å². The molecule has 1 fully saturated rings. The van der Waals surface area contributed by atoms with E-state index in [2.05, 4.69) is 15.2 Å². The summed E-state index contributed by atoms with van der Waals surface area (Å²) in [6.45, 7) is 3.53. The fraction of sp³-hybridized carbons (Fsp3) is 0.429. The van der Waals surface area contributed by atoms with Gasteiger partial charge in [0.2, 0.25) is 0 Å². The first-order valence-electron chi connectivity index (χ1n) is 9.59. The minimum atomic E-state index is -0.111. The van der Waals surface area contributed by atoms with E-state index in [9.17, 15) is 4.79 Å². The van der Waals surface area contributed by atoms with E-state index in [-0.39, 0.29) is 6.03 Å². The van der Waals surface area contributed by atoms with Crippen LogP contribution in [0.4, 0.5) is 10.6 Å². The largest absolute Gasteiger partial charge is 0.492 e. The molecule has 0 spiro atoms. The maximum Gasteiger partial charge on any atom is 0.317 e. The second kappa shape index (κ2) is 9.80. The fourth-order valence-corrected chi connectivity index (χ4v) is 3.18. The molecule has 0 saturated carbocycles. The Morgan fingerprint density at radius 2 is 1.93 bits per heavy atom. The summed E-state index contributed by atoms with van der Waals surface area (Å²) in [4.78, 5) is 20.9. The van der Waals surface area contributed by atoms with Crippen molar-refractivity contribution in [2.75, 3.05) is 38.2 Å². The van der Waals surface area contributed by atoms with E-state index in [1.807, 2.05) is 48.7 Å². The lowest BCUT2D eigenvalue weighted by Gasteiger charge is -2.29. The van der Waals surface area contributed by atoms with Crippen molar-refractivity contribution in [1.82, 2.24) is 15.2 Å². The molecule has 0 radical (unpaired) electrons. The van der Waals surface area contributed by atoms with Crippen LogP contribution in [0.5, 0.6) is 5.75 Å². The number of urea groups is 1. The van der Waals surface area contributed by atoms with Crippen LogP contribution in [0, 0.1) is 0 Å². The maximum atomic E-state index is 12.4. The van der Waals surface area contributed by atoms with Crippen LogP contribution < -0.4 is 15.0 Å². The van der Waals surface area contributed by atoms with Crippen LogP contribution in [0.2, 0.25) is 0 Å². The summed E-state index contributed by atoms with van der Waals surface area (Å²) in [5.74, 6) is 1.81. The number of rotatable bonds is 7. The molecule has 1 aromatic carbocycles. The highest BCUT2D eigenvalue weighted by atomic mass is 16.5. The van der Waals surface area contributed by atoms with E-state index in [1.54, 1.807) is 11.9 Å². The lowest BCUT2D eigenvalue weighted by molar-refractivity contribution is 0.195. The molecule has 1 N–H and O–H groups in total. The van der Waals surface area contributed by atoms with Gasteiger partial charge in [0.1, 0.15) is 18.2 Å². The number of nitrogens with zero attached hydrogens (tertiary/aromatic N) is 3. The molecule has 1 aliphatic rings. The van der Waals surface area contributed by atoms with Gasteiger partial charge in [-0.2, -0.15) is 0 Å². The Morgan fingerprint density at radius 3 is 2.70 bits per heavy atom. The molecule has 2 amide bonds. The van der Waals surface area contributed by atoms with Crippen LogP contribution in [-0.2, 0) is 6.54 Å². The van der Waals surface area contributed by atoms with Crippen molar-refractivity contribution < 1.29 is 9.53 Å². The molecule has 0 unspecified atom stereocenters. The zero-order chi connectivity index (χ0) is 18.9. The van der Waals surface area contributed by atoms with Gasteiger partial charge in [-0.05, 0) is 37.5 Å². The zero-order valence-corrected chi connectivity index (χ0v) is 15.9. The van der Waals surface area contributed by atoms with Gasteiger partial charge in [-0.25, -0.2) is 9.78 Å². The number of nitrogens with one attached hydrogen (secondary N) is 1. The summed E-state index contributed by atoms with van der Waals surface area (Å²) in [5.41, 5.74) is 1.06. The van der Waals surface area contributed by atoms with Gasteiger partial charge in [0.05, 0.1) is 6.54 Å². The molecule has 0 bridgehead atoms. The number of benzene rings is 1. The smallest absolute Gasteiger partial charge is 0.317 e. The van der Waals surface area contributed by atoms with Crippen molar-refractivity contribution >= 4 is 11.8 Å². The molecule has 1 aromatic heterocycles. The van der Waals surface area contributed by atoms with Crippen LogP contribution in [0.15, 0.2) is 48.7 Å². The van der Waals surface area contributed by atoms with Crippen molar-refractivity contribution in [2.24, 2.45) is 0 Å². The third-order valence-electron chi connectivity index (χ3n) is 4.74. The van der Waals surface area contributed by atoms with E-state index < -0.39 is 0 Å². The van der Waals surface area contributed by atoms with Gasteiger partial charge in [-0.15, -0.1) is 0 Å². The number of anilines is 1. The van der Waals surface area contributed by atoms with Crippen LogP contribution in [0.25, 0.3) is 0 Å². The number of para-hydroxylation sites is 1. The second-order valence-corrected chi connectivity index (χ2v) is 6.78. The van der Waals surface area contributed by atoms with Gasteiger partial charge < -0.3 is 19.9 Å². The average molecular weight is 368 g/mol. The normalized spacial score (nSPS) is 13.9. The standard InChI is InChI=1S/C21H28N4O2/c1-24(15-16-27-19-10-4-2-5-11-19)21(26)23-17-18-9-8-12-22-20(18)25-13-6-3-7-14-25/h2,4-5,8-12H,3,6-7,13-17H2,1H3,(H,23,26). The van der Waals surface area contributed by atoms with E-state index >= 15 is 0 Å². The molecule has 144 valence electrons. The Bertz CT molecular complexity index is 717. The molecule has 27 heavy (non-hydrogen) atoms. The van der Waals surface area contributed by atoms with Crippen LogP contribution >= 0.6 is 0 Å². The molecule has 6 nitrogen and oxygen atoms in total. The number of ether oxygens (including phenoxy) is 1. The maximum absolute atomic E-state index is 12.4. The average Bonchev–Trinajstić information content (AvgIpc) is 2.73. The van der Waals surface area contributed by atoms with Gasteiger partial charge in [-0.1, -0.05) is 24.3 Å². The first kappa shape index (κ1) is 19.0. The quantitative estimate of drug-likeness (QED) is 0.815. The highest BCUT2D eigenvalue weighted by molar-refractivity contribution is 5.74. The van der Waals surface area contributed by atoms with E-state index in [1.165, 1.54) is 19.3 Å². The van der Waals surface area contributed by atoms with Gasteiger partial charge in [-0.3, -0.25) is 0 Å². The third-order valence-corrected chi connectivity index (χ3v) is 4.74. The van der Waals surface area contributed by atoms with Crippen molar-refractivity contribution in [3.05, 3.63) is 54.2 Å². The Balaban J connectivity index is 1.47. The molecule has 1 saturated heterocycles. The Labute approximate surface area is 161 Å². The summed E-state index contributed by atoms with van der Waals surface area (Å²) in [7, 11) is 1.78. The number of pyridine rings is 1. The summed E-state index contributed by atoms with van der Waals surface area (Å²) in [5, 5.41) is 2.99. The Morgan fingerprint density at radius 1 is 1.15 bits per heavy atom. The lowest BCUT2D eigenvalue weighted by atomic mass is 10.1. The SMILES string of the molecule is CN(CCOc1ccccc1)C(=O)NCc1cccnc1N1CCCCC1. The number of amides is 2. The van der Waals surface area contributed by atoms with Crippen molar-refractivity contribution in [3.63, 3.8) is 0 Å². The minimum absolute atomic E-state index is 0.111. The van der Waals surface area contributed by atoms with Crippen molar-refractivity contribution in [2.45, 2.75) is 25.8 Å². The van der Waals surface area contributed by atoms with Gasteiger partial charge >= 0.3 is 6.03 Å². The minimum Gasteiger partial charge on any atom is -0.492 e. The monoisotopic (exact) mass is 368 g/mol. The predicted octanol–water partition coefficient (Wildman–Crippen LogP) is 3.29. The summed E-state index contributed by atoms with van der Waals surface area (Å²) < 4.78 is 5.65. The number of hydrogen-bond acceptors (Lipinski definition) is 4. The predicted molar refractivity (Wildman–Crippen MR) is 107 cm³/mol. The molecule has 1 aliphatic heterocycles. The molecule has 0 aliphatic carbocycles. The molecule has 6 heteroatoms. The first-order valence-corrected chi connectivity index (χ1v) is 9.59. The van der Waals surface area contributed by atoms with Crippen molar-refractivity contribution in [1.29, 1.82) is 0 Å². The van der Waals surface area contributed by atoms with Gasteiger partial charge in [0.15, 0.2) is 0 Å². The number of piperidine rings is 1. The van der Waals surface area contributed by atoms with E-state index in [0.717, 1.165) is 30.2 Å². The summed E-state index contributed by atoms with van der Waals surface area (Å²) in [6.07, 6.45) is 5.51. The molecule has 0 atom stereocenters. The zero-order valence-electron chi connectivity index (χ0n) is 15.9. The second-order valence-electron chi connectivity index (χ2n) is 6.78. The highest BCUT2D eigenvalue weighted by Crippen LogP contribution is 2.21. The van der Waals surface area contributed by atoms with E-state index in [4.69, 9.17) is 4.74 Å². The van der Waals surface area contributed by atoms with Crippen LogP contribution in [0.3, 0.4) is 0 Å². The highest BCUT2D eigenvalue weighted by Gasteiger charge is 2.16. The number of hydrogen-bond donors (Lipinski definition) is 1. The first-order chi connectivity index (χ1) is 13.2.